The van der Waals surface area contributed by atoms with Crippen molar-refractivity contribution in [1.82, 2.24) is 10.6 Å². The Bertz CT molecular complexity index is 259. The summed E-state index contributed by atoms with van der Waals surface area (Å²) < 4.78 is 5.50. The van der Waals surface area contributed by atoms with Crippen molar-refractivity contribution in [3.8, 4) is 0 Å². The molecule has 1 saturated heterocycles. The first kappa shape index (κ1) is 19.6. The minimum atomic E-state index is -0.00450. The van der Waals surface area contributed by atoms with Crippen LogP contribution in [-0.2, 0) is 9.53 Å². The molecule has 1 amide bonds. The maximum Gasteiger partial charge on any atom is 0.222 e. The molecule has 0 aromatic rings. The highest BCUT2D eigenvalue weighted by Gasteiger charge is 2.18. The Balaban J connectivity index is 0.00000361. The maximum absolute atomic E-state index is 11.8. The highest BCUT2D eigenvalue weighted by Crippen LogP contribution is 2.14. The molecule has 2 unspecified atom stereocenters. The predicted molar refractivity (Wildman–Crippen MR) is 82.1 cm³/mol. The molecule has 0 saturated carbocycles. The molecular formula is C14H29ClN2O3. The van der Waals surface area contributed by atoms with Gasteiger partial charge in [-0.05, 0) is 24.7 Å². The third-order valence-corrected chi connectivity index (χ3v) is 3.35. The highest BCUT2D eigenvalue weighted by atomic mass is 35.5. The summed E-state index contributed by atoms with van der Waals surface area (Å²) in [6.45, 7) is 7.45. The van der Waals surface area contributed by atoms with Crippen LogP contribution in [0.1, 0.15) is 33.1 Å². The van der Waals surface area contributed by atoms with Crippen LogP contribution in [-0.4, -0.2) is 50.0 Å². The number of aliphatic hydroxyl groups is 1. The summed E-state index contributed by atoms with van der Waals surface area (Å²) in [4.78, 5) is 11.8. The average molecular weight is 309 g/mol. The van der Waals surface area contributed by atoms with Gasteiger partial charge in [0, 0.05) is 26.2 Å². The van der Waals surface area contributed by atoms with Gasteiger partial charge < -0.3 is 20.5 Å². The van der Waals surface area contributed by atoms with E-state index in [0.29, 0.717) is 31.4 Å². The van der Waals surface area contributed by atoms with E-state index in [1.54, 1.807) is 0 Å². The number of hydrogen-bond acceptors (Lipinski definition) is 4. The van der Waals surface area contributed by atoms with Crippen LogP contribution in [0.4, 0.5) is 0 Å². The van der Waals surface area contributed by atoms with Gasteiger partial charge in [-0.2, -0.15) is 0 Å². The molecule has 1 heterocycles. The Kier molecular flexibility index (Phi) is 11.1. The molecule has 0 radical (unpaired) electrons. The smallest absolute Gasteiger partial charge is 0.222 e. The monoisotopic (exact) mass is 308 g/mol. The van der Waals surface area contributed by atoms with Crippen LogP contribution in [0, 0.1) is 11.8 Å². The van der Waals surface area contributed by atoms with Gasteiger partial charge in [0.2, 0.25) is 5.91 Å². The van der Waals surface area contributed by atoms with Gasteiger partial charge in [-0.15, -0.1) is 12.4 Å². The number of carbonyl (C=O) groups excluding carboxylic acids is 1. The van der Waals surface area contributed by atoms with Crippen molar-refractivity contribution in [2.45, 2.75) is 39.2 Å². The third-order valence-electron chi connectivity index (χ3n) is 3.35. The number of carbonyl (C=O) groups is 1. The summed E-state index contributed by atoms with van der Waals surface area (Å²) in [5.74, 6) is 0.985. The summed E-state index contributed by atoms with van der Waals surface area (Å²) in [6.07, 6.45) is 2.19. The van der Waals surface area contributed by atoms with Crippen molar-refractivity contribution in [3.63, 3.8) is 0 Å². The number of rotatable bonds is 8. The fourth-order valence-electron chi connectivity index (χ4n) is 2.44. The first-order chi connectivity index (χ1) is 9.11. The molecule has 3 N–H and O–H groups in total. The molecular weight excluding hydrogens is 280 g/mol. The van der Waals surface area contributed by atoms with E-state index in [1.165, 1.54) is 0 Å². The molecule has 0 bridgehead atoms. The molecule has 20 heavy (non-hydrogen) atoms. The molecule has 6 heteroatoms. The van der Waals surface area contributed by atoms with Crippen molar-refractivity contribution >= 4 is 18.3 Å². The Morgan fingerprint density at radius 3 is 2.80 bits per heavy atom. The van der Waals surface area contributed by atoms with Gasteiger partial charge in [-0.25, -0.2) is 0 Å². The van der Waals surface area contributed by atoms with Crippen molar-refractivity contribution in [3.05, 3.63) is 0 Å². The lowest BCUT2D eigenvalue weighted by atomic mass is 9.94. The average Bonchev–Trinajstić information content (AvgIpc) is 2.37. The van der Waals surface area contributed by atoms with Gasteiger partial charge in [-0.3, -0.25) is 4.79 Å². The third kappa shape index (κ3) is 8.74. The second-order valence-electron chi connectivity index (χ2n) is 5.71. The molecule has 0 aromatic heterocycles. The highest BCUT2D eigenvalue weighted by molar-refractivity contribution is 5.85. The van der Waals surface area contributed by atoms with Crippen LogP contribution in [0.5, 0.6) is 0 Å². The lowest BCUT2D eigenvalue weighted by molar-refractivity contribution is -0.124. The van der Waals surface area contributed by atoms with Crippen molar-refractivity contribution < 1.29 is 14.6 Å². The second-order valence-corrected chi connectivity index (χ2v) is 5.71. The van der Waals surface area contributed by atoms with Crippen molar-refractivity contribution in [1.29, 1.82) is 0 Å². The standard InChI is InChI=1S/C14H28N2O3.ClH/c1-11(2)7-12(3-5-17)9-16-14(18)8-13-10-15-4-6-19-13;/h11-13,15,17H,3-10H2,1-2H3,(H,16,18);1H. The van der Waals surface area contributed by atoms with Crippen molar-refractivity contribution in [2.24, 2.45) is 11.8 Å². The van der Waals surface area contributed by atoms with E-state index in [0.717, 1.165) is 25.9 Å². The number of amides is 1. The van der Waals surface area contributed by atoms with Gasteiger partial charge >= 0.3 is 0 Å². The number of ether oxygens (including phenoxy) is 1. The topological polar surface area (TPSA) is 70.6 Å². The Morgan fingerprint density at radius 1 is 1.50 bits per heavy atom. The van der Waals surface area contributed by atoms with Crippen LogP contribution in [0.25, 0.3) is 0 Å². The summed E-state index contributed by atoms with van der Waals surface area (Å²) >= 11 is 0. The Hall–Kier alpha value is -0.360. The summed E-state index contributed by atoms with van der Waals surface area (Å²) in [5, 5.41) is 15.2. The fourth-order valence-corrected chi connectivity index (χ4v) is 2.44. The number of hydrogen-bond donors (Lipinski definition) is 3. The lowest BCUT2D eigenvalue weighted by Crippen LogP contribution is -2.42. The summed E-state index contributed by atoms with van der Waals surface area (Å²) in [7, 11) is 0. The zero-order chi connectivity index (χ0) is 14.1. The van der Waals surface area contributed by atoms with Crippen molar-refractivity contribution in [2.75, 3.05) is 32.8 Å². The second kappa shape index (κ2) is 11.3. The molecule has 0 aliphatic carbocycles. The quantitative estimate of drug-likeness (QED) is 0.624. The van der Waals surface area contributed by atoms with E-state index < -0.39 is 0 Å². The van der Waals surface area contributed by atoms with E-state index in [2.05, 4.69) is 24.5 Å². The molecule has 1 rings (SSSR count). The number of morpholine rings is 1. The van der Waals surface area contributed by atoms with Crippen LogP contribution in [0.3, 0.4) is 0 Å². The van der Waals surface area contributed by atoms with Gasteiger partial charge in [0.25, 0.3) is 0 Å². The normalized spacial score (nSPS) is 20.3. The van der Waals surface area contributed by atoms with E-state index in [-0.39, 0.29) is 31.0 Å². The first-order valence-electron chi connectivity index (χ1n) is 7.31. The molecule has 0 aromatic carbocycles. The molecule has 1 aliphatic rings. The van der Waals surface area contributed by atoms with Crippen LogP contribution in [0.2, 0.25) is 0 Å². The molecule has 5 nitrogen and oxygen atoms in total. The molecule has 0 spiro atoms. The van der Waals surface area contributed by atoms with Gasteiger partial charge in [0.15, 0.2) is 0 Å². The largest absolute Gasteiger partial charge is 0.396 e. The van der Waals surface area contributed by atoms with Crippen LogP contribution >= 0.6 is 12.4 Å². The maximum atomic E-state index is 11.8. The number of aliphatic hydroxyl groups excluding tert-OH is 1. The summed E-state index contributed by atoms with van der Waals surface area (Å²) in [5.41, 5.74) is 0. The summed E-state index contributed by atoms with van der Waals surface area (Å²) in [6, 6.07) is 0. The first-order valence-corrected chi connectivity index (χ1v) is 7.31. The minimum Gasteiger partial charge on any atom is -0.396 e. The minimum absolute atomic E-state index is 0. The SMILES string of the molecule is CC(C)CC(CCO)CNC(=O)CC1CNCCO1.Cl. The number of nitrogens with one attached hydrogen (secondary N) is 2. The van der Waals surface area contributed by atoms with E-state index >= 15 is 0 Å². The lowest BCUT2D eigenvalue weighted by Gasteiger charge is -2.24. The zero-order valence-electron chi connectivity index (χ0n) is 12.6. The Morgan fingerprint density at radius 2 is 2.25 bits per heavy atom. The molecule has 1 fully saturated rings. The van der Waals surface area contributed by atoms with E-state index in [4.69, 9.17) is 9.84 Å². The Labute approximate surface area is 128 Å². The van der Waals surface area contributed by atoms with E-state index in [9.17, 15) is 4.79 Å². The van der Waals surface area contributed by atoms with Gasteiger partial charge in [0.1, 0.15) is 0 Å². The molecule has 2 atom stereocenters. The fraction of sp³-hybridized carbons (Fsp3) is 0.929. The van der Waals surface area contributed by atoms with Crippen LogP contribution in [0.15, 0.2) is 0 Å². The molecule has 120 valence electrons. The van der Waals surface area contributed by atoms with E-state index in [1.807, 2.05) is 0 Å². The van der Waals surface area contributed by atoms with Gasteiger partial charge in [-0.1, -0.05) is 13.8 Å². The van der Waals surface area contributed by atoms with Crippen LogP contribution < -0.4 is 10.6 Å². The predicted octanol–water partition coefficient (Wildman–Crippen LogP) is 0.948. The molecule has 1 aliphatic heterocycles. The number of halogens is 1. The zero-order valence-corrected chi connectivity index (χ0v) is 13.4. The van der Waals surface area contributed by atoms with Gasteiger partial charge in [0.05, 0.1) is 19.1 Å².